The fourth-order valence-electron chi connectivity index (χ4n) is 0.340. The Balaban J connectivity index is 0. The van der Waals surface area contributed by atoms with Crippen LogP contribution in [0.4, 0.5) is 0 Å². The molecule has 0 aromatic rings. The fraction of sp³-hybridized carbons (Fsp3) is 0.200. The number of halogens is 1. The van der Waals surface area contributed by atoms with E-state index in [1.165, 1.54) is 0 Å². The summed E-state index contributed by atoms with van der Waals surface area (Å²) in [5.41, 5.74) is 0. The number of hydrogen-bond acceptors (Lipinski definition) is 0. The van der Waals surface area contributed by atoms with Gasteiger partial charge in [-0.2, -0.15) is 6.08 Å². The van der Waals surface area contributed by atoms with Crippen molar-refractivity contribution in [3.63, 3.8) is 0 Å². The Morgan fingerprint density at radius 3 is 2.29 bits per heavy atom. The molecule has 0 aromatic heterocycles. The molecule has 0 aliphatic heterocycles. The summed E-state index contributed by atoms with van der Waals surface area (Å²) in [5, 5.41) is 0. The zero-order valence-corrected chi connectivity index (χ0v) is 6.23. The van der Waals surface area contributed by atoms with Crippen LogP contribution in [0.2, 0.25) is 0 Å². The Bertz CT molecular complexity index is 66.1. The number of hydrogen-bond donors (Lipinski definition) is 0. The Morgan fingerprint density at radius 2 is 2.14 bits per heavy atom. The van der Waals surface area contributed by atoms with Gasteiger partial charge in [-0.05, 0) is 0 Å². The van der Waals surface area contributed by atoms with Crippen LogP contribution in [0, 0.1) is 6.08 Å². The van der Waals surface area contributed by atoms with Gasteiger partial charge in [0.2, 0.25) is 0 Å². The van der Waals surface area contributed by atoms with E-state index in [0.717, 1.165) is 6.42 Å². The maximum Gasteiger partial charge on any atom is 0 e. The summed E-state index contributed by atoms with van der Waals surface area (Å²) in [6, 6.07) is 0. The average Bonchev–Trinajstić information content (AvgIpc) is 1.76. The van der Waals surface area contributed by atoms with E-state index in [1.54, 1.807) is 0 Å². The second-order valence-electron chi connectivity index (χ2n) is 1.00. The predicted octanol–water partition coefficient (Wildman–Crippen LogP) is 1.72. The molecule has 1 rings (SSSR count). The summed E-state index contributed by atoms with van der Waals surface area (Å²) < 4.78 is 0. The van der Waals surface area contributed by atoms with Crippen molar-refractivity contribution in [1.29, 1.82) is 0 Å². The molecule has 0 saturated carbocycles. The minimum Gasteiger partial charge on any atom is -0.273 e. The van der Waals surface area contributed by atoms with Crippen molar-refractivity contribution in [3.8, 4) is 0 Å². The molecule has 1 aliphatic rings. The Labute approximate surface area is 65.0 Å². The Hall–Kier alpha value is 0.484. The monoisotopic (exact) mass is 149 g/mol. The molecule has 0 aromatic carbocycles. The first kappa shape index (κ1) is 10.5. The number of rotatable bonds is 0. The van der Waals surface area contributed by atoms with Gasteiger partial charge in [0.05, 0.1) is 0 Å². The van der Waals surface area contributed by atoms with Gasteiger partial charge in [0.25, 0.3) is 0 Å². The van der Waals surface area contributed by atoms with Crippen molar-refractivity contribution in [3.05, 3.63) is 24.3 Å². The van der Waals surface area contributed by atoms with Crippen molar-refractivity contribution in [1.82, 2.24) is 0 Å². The molecule has 0 unspecified atom stereocenters. The molecule has 38 valence electrons. The third kappa shape index (κ3) is 4.34. The molecule has 1 aliphatic carbocycles. The van der Waals surface area contributed by atoms with E-state index in [0.29, 0.717) is 0 Å². The van der Waals surface area contributed by atoms with Gasteiger partial charge in [-0.3, -0.25) is 6.08 Å². The van der Waals surface area contributed by atoms with E-state index in [1.807, 2.05) is 12.2 Å². The first-order valence-electron chi connectivity index (χ1n) is 1.72. The molecule has 0 amide bonds. The van der Waals surface area contributed by atoms with Crippen molar-refractivity contribution >= 4 is 12.4 Å². The van der Waals surface area contributed by atoms with Crippen molar-refractivity contribution in [2.24, 2.45) is 0 Å². The minimum atomic E-state index is 0. The molecule has 7 heavy (non-hydrogen) atoms. The topological polar surface area (TPSA) is 0 Å². The van der Waals surface area contributed by atoms with Crippen molar-refractivity contribution in [2.45, 2.75) is 6.42 Å². The first-order valence-corrected chi connectivity index (χ1v) is 1.72. The Morgan fingerprint density at radius 1 is 1.43 bits per heavy atom. The molecule has 0 atom stereocenters. The zero-order chi connectivity index (χ0) is 3.54. The summed E-state index contributed by atoms with van der Waals surface area (Å²) >= 11 is 0. The van der Waals surface area contributed by atoms with Crippen LogP contribution in [0.25, 0.3) is 0 Å². The van der Waals surface area contributed by atoms with E-state index in [2.05, 4.69) is 12.2 Å². The van der Waals surface area contributed by atoms with Crippen molar-refractivity contribution in [2.75, 3.05) is 0 Å². The molecule has 0 bridgehead atoms. The van der Waals surface area contributed by atoms with Crippen LogP contribution in [0.1, 0.15) is 6.42 Å². The van der Waals surface area contributed by atoms with Crippen LogP contribution in [0.3, 0.4) is 0 Å². The molecule has 0 saturated heterocycles. The SMILES string of the molecule is Cl.[C-]1=CC=CC1.[Ti]. The average molecular weight is 149 g/mol. The van der Waals surface area contributed by atoms with Gasteiger partial charge >= 0.3 is 0 Å². The zero-order valence-electron chi connectivity index (χ0n) is 3.85. The summed E-state index contributed by atoms with van der Waals surface area (Å²) in [4.78, 5) is 0. The molecule has 0 N–H and O–H groups in total. The third-order valence-corrected chi connectivity index (χ3v) is 0.586. The van der Waals surface area contributed by atoms with Crippen LogP contribution in [-0.2, 0) is 21.7 Å². The van der Waals surface area contributed by atoms with E-state index < -0.39 is 0 Å². The molecular formula is C5H6ClTi-. The van der Waals surface area contributed by atoms with Gasteiger partial charge in [0.1, 0.15) is 0 Å². The molecular weight excluding hydrogens is 143 g/mol. The second-order valence-corrected chi connectivity index (χ2v) is 1.00. The van der Waals surface area contributed by atoms with Gasteiger partial charge in [0.15, 0.2) is 0 Å². The van der Waals surface area contributed by atoms with Crippen LogP contribution in [-0.4, -0.2) is 0 Å². The summed E-state index contributed by atoms with van der Waals surface area (Å²) in [6.07, 6.45) is 10.0. The Kier molecular flexibility index (Phi) is 9.69. The van der Waals surface area contributed by atoms with Gasteiger partial charge in [-0.25, -0.2) is 12.2 Å². The van der Waals surface area contributed by atoms with E-state index in [-0.39, 0.29) is 34.1 Å². The first-order chi connectivity index (χ1) is 2.50. The van der Waals surface area contributed by atoms with Gasteiger partial charge < -0.3 is 0 Å². The largest absolute Gasteiger partial charge is 0.273 e. The van der Waals surface area contributed by atoms with Crippen LogP contribution < -0.4 is 0 Å². The summed E-state index contributed by atoms with van der Waals surface area (Å²) in [7, 11) is 0. The molecule has 2 heteroatoms. The van der Waals surface area contributed by atoms with Crippen LogP contribution in [0.5, 0.6) is 0 Å². The summed E-state index contributed by atoms with van der Waals surface area (Å²) in [5.74, 6) is 0. The maximum atomic E-state index is 2.99. The van der Waals surface area contributed by atoms with E-state index in [9.17, 15) is 0 Å². The molecule has 0 heterocycles. The normalized spacial score (nSPS) is 12.6. The van der Waals surface area contributed by atoms with Gasteiger partial charge in [-0.15, -0.1) is 18.8 Å². The van der Waals surface area contributed by atoms with Crippen LogP contribution in [0.15, 0.2) is 18.2 Å². The third-order valence-electron chi connectivity index (χ3n) is 0.586. The molecule has 0 radical (unpaired) electrons. The standard InChI is InChI=1S/C5H5.ClH.Ti/c1-2-4-5-3-1;;/h1-3H,4H2;1H;/q-1;;. The number of allylic oxidation sites excluding steroid dienone is 4. The van der Waals surface area contributed by atoms with E-state index >= 15 is 0 Å². The van der Waals surface area contributed by atoms with Gasteiger partial charge in [0, 0.05) is 21.7 Å². The smallest absolute Gasteiger partial charge is 0 e. The summed E-state index contributed by atoms with van der Waals surface area (Å²) in [6.45, 7) is 0. The quantitative estimate of drug-likeness (QED) is 0.363. The molecule has 0 nitrogen and oxygen atoms in total. The van der Waals surface area contributed by atoms with Crippen LogP contribution >= 0.6 is 12.4 Å². The minimum absolute atomic E-state index is 0. The fourth-order valence-corrected chi connectivity index (χ4v) is 0.340. The molecule has 0 spiro atoms. The second kappa shape index (κ2) is 6.48. The maximum absolute atomic E-state index is 2.99. The van der Waals surface area contributed by atoms with Crippen molar-refractivity contribution < 1.29 is 21.7 Å². The predicted molar refractivity (Wildman–Crippen MR) is 28.8 cm³/mol. The molecule has 0 fully saturated rings. The van der Waals surface area contributed by atoms with E-state index in [4.69, 9.17) is 0 Å². The van der Waals surface area contributed by atoms with Gasteiger partial charge in [-0.1, -0.05) is 0 Å².